The molecule has 0 aliphatic heterocycles. The predicted molar refractivity (Wildman–Crippen MR) is 171 cm³/mol. The van der Waals surface area contributed by atoms with Crippen molar-refractivity contribution in [2.24, 2.45) is 0 Å². The number of rotatable bonds is 10. The van der Waals surface area contributed by atoms with Crippen LogP contribution in [0.2, 0.25) is 15.1 Å². The van der Waals surface area contributed by atoms with Gasteiger partial charge in [-0.3, -0.25) is 4.79 Å². The number of hydrogen-bond acceptors (Lipinski definition) is 5. The highest BCUT2D eigenvalue weighted by Crippen LogP contribution is 2.35. The van der Waals surface area contributed by atoms with Gasteiger partial charge in [0.2, 0.25) is 0 Å². The maximum Gasteiger partial charge on any atom is 0.266 e. The molecule has 4 aromatic rings. The topological polar surface area (TPSA) is 80.6 Å². The van der Waals surface area contributed by atoms with E-state index in [-0.39, 0.29) is 12.2 Å². The van der Waals surface area contributed by atoms with E-state index in [2.05, 4.69) is 27.9 Å². The van der Waals surface area contributed by atoms with Crippen LogP contribution in [-0.4, -0.2) is 13.0 Å². The van der Waals surface area contributed by atoms with Crippen LogP contribution in [0, 0.1) is 14.9 Å². The minimum atomic E-state index is -0.552. The number of nitriles is 1. The van der Waals surface area contributed by atoms with Crippen LogP contribution in [-0.2, 0) is 18.0 Å². The molecule has 0 spiro atoms. The summed E-state index contributed by atoms with van der Waals surface area (Å²) in [6.07, 6.45) is 1.49. The molecule has 0 unspecified atom stereocenters. The number of carbonyl (C=O) groups is 1. The van der Waals surface area contributed by atoms with Crippen molar-refractivity contribution in [3.05, 3.63) is 120 Å². The number of nitrogens with one attached hydrogen (secondary N) is 1. The second kappa shape index (κ2) is 14.5. The van der Waals surface area contributed by atoms with Crippen LogP contribution in [0.15, 0.2) is 84.4 Å². The fourth-order valence-electron chi connectivity index (χ4n) is 3.69. The standard InChI is InChI=1S/C31H22Cl3IN2O4/c1-39-29-14-20(13-28(35)30(29)41-17-19-3-2-4-23(32)12-19)11-22(16-36)31(38)37-25-7-9-26(10-8-25)40-18-21-5-6-24(33)15-27(21)34/h2-15H,17-18H2,1H3,(H,37,38)/b22-11+. The van der Waals surface area contributed by atoms with Crippen molar-refractivity contribution < 1.29 is 19.0 Å². The largest absolute Gasteiger partial charge is 0.493 e. The average molecular weight is 720 g/mol. The number of anilines is 1. The molecule has 0 saturated carbocycles. The van der Waals surface area contributed by atoms with Crippen molar-refractivity contribution in [3.8, 4) is 23.3 Å². The normalized spacial score (nSPS) is 11.0. The van der Waals surface area contributed by atoms with Crippen molar-refractivity contribution in [2.45, 2.75) is 13.2 Å². The number of methoxy groups -OCH3 is 1. The highest BCUT2D eigenvalue weighted by Gasteiger charge is 2.15. The summed E-state index contributed by atoms with van der Waals surface area (Å²) in [5.41, 5.74) is 2.74. The zero-order valence-corrected chi connectivity index (χ0v) is 26.0. The molecule has 4 rings (SSSR count). The number of benzene rings is 4. The lowest BCUT2D eigenvalue weighted by Gasteiger charge is -2.14. The first-order valence-corrected chi connectivity index (χ1v) is 14.3. The van der Waals surface area contributed by atoms with Crippen molar-refractivity contribution in [2.75, 3.05) is 12.4 Å². The van der Waals surface area contributed by atoms with E-state index in [4.69, 9.17) is 49.0 Å². The van der Waals surface area contributed by atoms with Gasteiger partial charge in [-0.15, -0.1) is 0 Å². The van der Waals surface area contributed by atoms with E-state index in [1.165, 1.54) is 13.2 Å². The van der Waals surface area contributed by atoms with Crippen molar-refractivity contribution in [1.82, 2.24) is 0 Å². The molecule has 0 saturated heterocycles. The van der Waals surface area contributed by atoms with Gasteiger partial charge in [0.05, 0.1) is 10.7 Å². The van der Waals surface area contributed by atoms with Gasteiger partial charge < -0.3 is 19.5 Å². The van der Waals surface area contributed by atoms with E-state index < -0.39 is 5.91 Å². The summed E-state index contributed by atoms with van der Waals surface area (Å²) in [6, 6.07) is 24.9. The van der Waals surface area contributed by atoms with Gasteiger partial charge >= 0.3 is 0 Å². The second-order valence-corrected chi connectivity index (χ2v) is 11.1. The first-order valence-electron chi connectivity index (χ1n) is 12.1. The zero-order valence-electron chi connectivity index (χ0n) is 21.6. The van der Waals surface area contributed by atoms with E-state index >= 15 is 0 Å². The number of carbonyl (C=O) groups excluding carboxylic acids is 1. The lowest BCUT2D eigenvalue weighted by atomic mass is 10.1. The van der Waals surface area contributed by atoms with Crippen LogP contribution in [0.25, 0.3) is 6.08 Å². The van der Waals surface area contributed by atoms with E-state index in [1.54, 1.807) is 60.7 Å². The Morgan fingerprint density at radius 1 is 0.951 bits per heavy atom. The van der Waals surface area contributed by atoms with Crippen LogP contribution < -0.4 is 19.5 Å². The Kier molecular flexibility index (Phi) is 10.8. The van der Waals surface area contributed by atoms with Crippen LogP contribution in [0.3, 0.4) is 0 Å². The minimum Gasteiger partial charge on any atom is -0.493 e. The van der Waals surface area contributed by atoms with E-state index in [1.807, 2.05) is 24.3 Å². The maximum absolute atomic E-state index is 12.9. The molecule has 4 aromatic carbocycles. The molecule has 0 aliphatic rings. The Morgan fingerprint density at radius 3 is 2.39 bits per heavy atom. The zero-order chi connectivity index (χ0) is 29.4. The Bertz CT molecular complexity index is 1640. The summed E-state index contributed by atoms with van der Waals surface area (Å²) in [6.45, 7) is 0.558. The molecule has 10 heteroatoms. The lowest BCUT2D eigenvalue weighted by molar-refractivity contribution is -0.112. The number of nitrogens with zero attached hydrogens (tertiary/aromatic N) is 1. The van der Waals surface area contributed by atoms with Crippen LogP contribution >= 0.6 is 57.4 Å². The number of ether oxygens (including phenoxy) is 3. The summed E-state index contributed by atoms with van der Waals surface area (Å²) in [4.78, 5) is 12.9. The highest BCUT2D eigenvalue weighted by molar-refractivity contribution is 14.1. The molecule has 1 N–H and O–H groups in total. The number of amides is 1. The summed E-state index contributed by atoms with van der Waals surface area (Å²) < 4.78 is 18.1. The third kappa shape index (κ3) is 8.54. The Labute approximate surface area is 266 Å². The molecule has 0 fully saturated rings. The van der Waals surface area contributed by atoms with E-state index in [0.29, 0.717) is 50.2 Å². The highest BCUT2D eigenvalue weighted by atomic mass is 127. The van der Waals surface area contributed by atoms with Gasteiger partial charge in [-0.05, 0) is 100 Å². The monoisotopic (exact) mass is 718 g/mol. The van der Waals surface area contributed by atoms with Crippen LogP contribution in [0.1, 0.15) is 16.7 Å². The minimum absolute atomic E-state index is 0.0758. The predicted octanol–water partition coefficient (Wildman–Crippen LogP) is 8.96. The fraction of sp³-hybridized carbons (Fsp3) is 0.0968. The van der Waals surface area contributed by atoms with Crippen molar-refractivity contribution in [3.63, 3.8) is 0 Å². The van der Waals surface area contributed by atoms with Gasteiger partial charge in [-0.1, -0.05) is 53.0 Å². The summed E-state index contributed by atoms with van der Waals surface area (Å²) in [5, 5.41) is 14.1. The molecule has 6 nitrogen and oxygen atoms in total. The molecule has 1 amide bonds. The van der Waals surface area contributed by atoms with E-state index in [9.17, 15) is 10.1 Å². The smallest absolute Gasteiger partial charge is 0.266 e. The third-order valence-corrected chi connectivity index (χ3v) is 7.35. The number of halogens is 4. The first kappa shape index (κ1) is 30.5. The Balaban J connectivity index is 1.42. The van der Waals surface area contributed by atoms with E-state index in [0.717, 1.165) is 14.7 Å². The summed E-state index contributed by atoms with van der Waals surface area (Å²) in [5.74, 6) is 1.06. The summed E-state index contributed by atoms with van der Waals surface area (Å²) >= 11 is 20.3. The van der Waals surface area contributed by atoms with Crippen molar-refractivity contribution >= 4 is 75.1 Å². The fourth-order valence-corrected chi connectivity index (χ4v) is 5.15. The average Bonchev–Trinajstić information content (AvgIpc) is 2.95. The maximum atomic E-state index is 12.9. The van der Waals surface area contributed by atoms with Gasteiger partial charge in [-0.25, -0.2) is 0 Å². The molecular formula is C31H22Cl3IN2O4. The summed E-state index contributed by atoms with van der Waals surface area (Å²) in [7, 11) is 1.53. The molecule has 0 bridgehead atoms. The van der Waals surface area contributed by atoms with Crippen LogP contribution in [0.5, 0.6) is 17.2 Å². The molecule has 0 aliphatic carbocycles. The number of hydrogen-bond donors (Lipinski definition) is 1. The first-order chi connectivity index (χ1) is 19.7. The Hall–Kier alpha value is -3.42. The van der Waals surface area contributed by atoms with Gasteiger partial charge in [-0.2, -0.15) is 5.26 Å². The van der Waals surface area contributed by atoms with Gasteiger partial charge in [0.25, 0.3) is 5.91 Å². The molecule has 0 atom stereocenters. The molecule has 41 heavy (non-hydrogen) atoms. The lowest BCUT2D eigenvalue weighted by Crippen LogP contribution is -2.13. The molecule has 208 valence electrons. The molecule has 0 aromatic heterocycles. The third-order valence-electron chi connectivity index (χ3n) is 5.72. The van der Waals surface area contributed by atoms with Gasteiger partial charge in [0.1, 0.15) is 30.6 Å². The van der Waals surface area contributed by atoms with Gasteiger partial charge in [0, 0.05) is 26.3 Å². The van der Waals surface area contributed by atoms with Gasteiger partial charge in [0.15, 0.2) is 11.5 Å². The molecule has 0 heterocycles. The second-order valence-electron chi connectivity index (χ2n) is 8.63. The SMILES string of the molecule is COc1cc(/C=C(\C#N)C(=O)Nc2ccc(OCc3ccc(Cl)cc3Cl)cc2)cc(I)c1OCc1cccc(Cl)c1. The Morgan fingerprint density at radius 2 is 1.71 bits per heavy atom. The molecular weight excluding hydrogens is 698 g/mol. The quantitative estimate of drug-likeness (QED) is 0.101. The van der Waals surface area contributed by atoms with Crippen LogP contribution in [0.4, 0.5) is 5.69 Å². The molecule has 0 radical (unpaired) electrons. The van der Waals surface area contributed by atoms with Crippen molar-refractivity contribution in [1.29, 1.82) is 5.26 Å².